The average Bonchev–Trinajstić information content (AvgIpc) is 2.11. The van der Waals surface area contributed by atoms with Gasteiger partial charge in [-0.15, -0.1) is 0 Å². The lowest BCUT2D eigenvalue weighted by Crippen LogP contribution is -1.85. The van der Waals surface area contributed by atoms with Crippen molar-refractivity contribution in [3.8, 4) is 0 Å². The Kier molecular flexibility index (Phi) is 4.75. The summed E-state index contributed by atoms with van der Waals surface area (Å²) < 4.78 is 22.1. The first-order valence-electron chi connectivity index (χ1n) is 1.94. The Hall–Kier alpha value is -0.880. The van der Waals surface area contributed by atoms with Crippen LogP contribution >= 0.6 is 0 Å². The van der Waals surface area contributed by atoms with Crippen LogP contribution in [0, 0.1) is 0 Å². The summed E-state index contributed by atoms with van der Waals surface area (Å²) in [6.45, 7) is 0. The fourth-order valence-electron chi connectivity index (χ4n) is 0.176. The number of aromatic nitrogens is 1. The van der Waals surface area contributed by atoms with Gasteiger partial charge in [-0.1, -0.05) is 0 Å². The Bertz CT molecular complexity index is 168. The van der Waals surface area contributed by atoms with Gasteiger partial charge >= 0.3 is 0 Å². The summed E-state index contributed by atoms with van der Waals surface area (Å²) in [6.07, 6.45) is 4.47. The molecule has 1 heterocycles. The largest absolute Gasteiger partial charge is 0.452 e. The molecule has 0 unspecified atom stereocenters. The predicted molar refractivity (Wildman–Crippen MR) is 31.0 cm³/mol. The molecule has 1 aromatic rings. The van der Waals surface area contributed by atoms with E-state index in [1.165, 1.54) is 12.7 Å². The van der Waals surface area contributed by atoms with E-state index >= 15 is 0 Å². The van der Waals surface area contributed by atoms with Crippen LogP contribution in [0.5, 0.6) is 0 Å². The first kappa shape index (κ1) is 8.12. The smallest absolute Gasteiger partial charge is 0.198 e. The molecule has 1 aromatic heterocycles. The molecule has 0 aliphatic heterocycles. The van der Waals surface area contributed by atoms with Crippen LogP contribution in [0.3, 0.4) is 0 Å². The number of nitrogens with two attached hydrogens (primary N) is 1. The van der Waals surface area contributed by atoms with Crippen molar-refractivity contribution in [1.29, 1.82) is 0 Å². The normalized spacial score (nSPS) is 8.22. The Labute approximate surface area is 53.6 Å². The van der Waals surface area contributed by atoms with Crippen molar-refractivity contribution in [2.45, 2.75) is 0 Å². The molecule has 0 saturated carbocycles. The standard InChI is InChI=1S/C3H3NO.H3NO2S/c1-2-5-3-4-1;1-4(2)3/h1-3H;4H,(H2,1,2,3). The molecule has 0 amide bonds. The maximum Gasteiger partial charge on any atom is 0.198 e. The van der Waals surface area contributed by atoms with Crippen molar-refractivity contribution in [1.82, 2.24) is 4.98 Å². The summed E-state index contributed by atoms with van der Waals surface area (Å²) in [4.78, 5) is 3.56. The fourth-order valence-corrected chi connectivity index (χ4v) is 0.176. The summed E-state index contributed by atoms with van der Waals surface area (Å²) in [6, 6.07) is 0. The number of oxazole rings is 1. The minimum Gasteiger partial charge on any atom is -0.452 e. The molecule has 0 aliphatic carbocycles. The molecular weight excluding hydrogens is 144 g/mol. The Morgan fingerprint density at radius 2 is 2.11 bits per heavy atom. The number of rotatable bonds is 0. The minimum absolute atomic E-state index is 1.38. The zero-order chi connectivity index (χ0) is 7.11. The van der Waals surface area contributed by atoms with Crippen LogP contribution in [0.1, 0.15) is 0 Å². The molecule has 0 radical (unpaired) electrons. The molecule has 0 spiro atoms. The molecule has 0 aliphatic rings. The van der Waals surface area contributed by atoms with Crippen molar-refractivity contribution >= 4 is 10.9 Å². The average molecular weight is 150 g/mol. The number of thiol groups is 1. The highest BCUT2D eigenvalue weighted by Gasteiger charge is 1.59. The molecule has 0 saturated heterocycles. The second-order valence-electron chi connectivity index (χ2n) is 0.961. The third kappa shape index (κ3) is 11.0. The van der Waals surface area contributed by atoms with Gasteiger partial charge in [-0.2, -0.15) is 0 Å². The summed E-state index contributed by atoms with van der Waals surface area (Å²) >= 11 is 0. The van der Waals surface area contributed by atoms with Crippen LogP contribution in [0.4, 0.5) is 0 Å². The second kappa shape index (κ2) is 5.26. The quantitative estimate of drug-likeness (QED) is 0.471. The highest BCUT2D eigenvalue weighted by Crippen LogP contribution is 1.72. The molecular formula is C3H6N2O3S. The van der Waals surface area contributed by atoms with Crippen LogP contribution in [0.15, 0.2) is 23.3 Å². The number of nitrogens with zero attached hydrogens (tertiary/aromatic N) is 1. The molecule has 0 atom stereocenters. The maximum atomic E-state index is 8.81. The van der Waals surface area contributed by atoms with E-state index in [0.29, 0.717) is 0 Å². The molecule has 52 valence electrons. The van der Waals surface area contributed by atoms with E-state index in [2.05, 4.69) is 14.5 Å². The molecule has 1 rings (SSSR count). The topological polar surface area (TPSA) is 86.2 Å². The molecule has 5 nitrogen and oxygen atoms in total. The van der Waals surface area contributed by atoms with Crippen LogP contribution in [0.2, 0.25) is 0 Å². The van der Waals surface area contributed by atoms with Gasteiger partial charge in [0.05, 0.1) is 6.20 Å². The summed E-state index contributed by atoms with van der Waals surface area (Å²) in [5.74, 6) is 0. The zero-order valence-electron chi connectivity index (χ0n) is 4.43. The lowest BCUT2D eigenvalue weighted by molar-refractivity contribution is 0.558. The highest BCUT2D eigenvalue weighted by molar-refractivity contribution is 7.69. The van der Waals surface area contributed by atoms with E-state index in [0.717, 1.165) is 0 Å². The predicted octanol–water partition coefficient (Wildman–Crippen LogP) is -0.854. The molecule has 2 N–H and O–H groups in total. The third-order valence-electron chi connectivity index (χ3n) is 0.347. The second-order valence-corrected chi connectivity index (χ2v) is 1.53. The zero-order valence-corrected chi connectivity index (χ0v) is 5.32. The number of hydrogen-bond acceptors (Lipinski definition) is 4. The van der Waals surface area contributed by atoms with E-state index in [-0.39, 0.29) is 0 Å². The van der Waals surface area contributed by atoms with Gasteiger partial charge in [-0.3, -0.25) is 0 Å². The van der Waals surface area contributed by atoms with Gasteiger partial charge in [-0.05, 0) is 0 Å². The van der Waals surface area contributed by atoms with E-state index in [1.54, 1.807) is 6.20 Å². The first-order valence-corrected chi connectivity index (χ1v) is 3.19. The van der Waals surface area contributed by atoms with E-state index in [9.17, 15) is 0 Å². The Balaban J connectivity index is 0.000000148. The van der Waals surface area contributed by atoms with Crippen molar-refractivity contribution in [2.24, 2.45) is 5.14 Å². The van der Waals surface area contributed by atoms with E-state index in [4.69, 9.17) is 8.42 Å². The SMILES string of the molecule is N[SH](=O)=O.c1cocn1. The van der Waals surface area contributed by atoms with Gasteiger partial charge in [0, 0.05) is 0 Å². The molecule has 0 aromatic carbocycles. The van der Waals surface area contributed by atoms with Crippen LogP contribution in [-0.2, 0) is 10.9 Å². The summed E-state index contributed by atoms with van der Waals surface area (Å²) in [5, 5.41) is 4.06. The van der Waals surface area contributed by atoms with Gasteiger partial charge in [0.15, 0.2) is 17.3 Å². The summed E-state index contributed by atoms with van der Waals surface area (Å²) in [7, 11) is -2.62. The fraction of sp³-hybridized carbons (Fsp3) is 0. The molecule has 0 fully saturated rings. The molecule has 9 heavy (non-hydrogen) atoms. The van der Waals surface area contributed by atoms with Crippen molar-refractivity contribution in [3.63, 3.8) is 0 Å². The van der Waals surface area contributed by atoms with Crippen LogP contribution in [-0.4, -0.2) is 13.4 Å². The van der Waals surface area contributed by atoms with E-state index < -0.39 is 10.9 Å². The first-order chi connectivity index (χ1) is 4.23. The van der Waals surface area contributed by atoms with Crippen LogP contribution < -0.4 is 5.14 Å². The van der Waals surface area contributed by atoms with Gasteiger partial charge in [0.1, 0.15) is 6.26 Å². The Morgan fingerprint density at radius 3 is 2.22 bits per heavy atom. The van der Waals surface area contributed by atoms with Gasteiger partial charge in [-0.25, -0.2) is 18.5 Å². The lowest BCUT2D eigenvalue weighted by Gasteiger charge is -1.47. The van der Waals surface area contributed by atoms with Gasteiger partial charge in [0.2, 0.25) is 0 Å². The van der Waals surface area contributed by atoms with Crippen LogP contribution in [0.25, 0.3) is 0 Å². The van der Waals surface area contributed by atoms with Gasteiger partial charge < -0.3 is 4.42 Å². The highest BCUT2D eigenvalue weighted by atomic mass is 32.2. The summed E-state index contributed by atoms with van der Waals surface area (Å²) in [5.41, 5.74) is 0. The lowest BCUT2D eigenvalue weighted by atomic mass is 11.0. The maximum absolute atomic E-state index is 8.81. The molecule has 6 heteroatoms. The van der Waals surface area contributed by atoms with E-state index in [1.807, 2.05) is 0 Å². The van der Waals surface area contributed by atoms with Gasteiger partial charge in [0.25, 0.3) is 0 Å². The third-order valence-corrected chi connectivity index (χ3v) is 0.347. The number of hydrogen-bond donors (Lipinski definition) is 2. The van der Waals surface area contributed by atoms with Crippen molar-refractivity contribution < 1.29 is 12.8 Å². The van der Waals surface area contributed by atoms with Crippen molar-refractivity contribution in [3.05, 3.63) is 18.9 Å². The minimum atomic E-state index is -2.62. The van der Waals surface area contributed by atoms with Crippen molar-refractivity contribution in [2.75, 3.05) is 0 Å². The molecule has 0 bridgehead atoms. The monoisotopic (exact) mass is 150 g/mol. The Morgan fingerprint density at radius 1 is 1.56 bits per heavy atom.